The number of nitrogens with zero attached hydrogens (tertiary/aromatic N) is 5. The molecule has 2 atom stereocenters. The Morgan fingerprint density at radius 3 is 3.09 bits per heavy atom. The molecule has 0 bridgehead atoms. The number of aromatic nitrogens is 2. The highest BCUT2D eigenvalue weighted by Crippen LogP contribution is 2.33. The quantitative estimate of drug-likeness (QED) is 0.495. The van der Waals surface area contributed by atoms with E-state index in [4.69, 9.17) is 39.7 Å². The molecule has 1 aromatic heterocycles. The third-order valence-electron chi connectivity index (χ3n) is 3.08. The topological polar surface area (TPSA) is 66.8 Å². The molecule has 3 heterocycles. The largest absolute Gasteiger partial charge is 0.323 e. The van der Waals surface area contributed by atoms with Gasteiger partial charge in [0.15, 0.2) is 11.0 Å². The first-order chi connectivity index (χ1) is 10.5. The number of thioether (sulfide) groups is 1. The monoisotopic (exact) mass is 381 g/mol. The Balaban J connectivity index is 1.77. The number of nitrogens with one attached hydrogen (secondary N) is 1. The van der Waals surface area contributed by atoms with Gasteiger partial charge in [-0.3, -0.25) is 4.57 Å². The van der Waals surface area contributed by atoms with Crippen molar-refractivity contribution in [3.05, 3.63) is 24.8 Å². The summed E-state index contributed by atoms with van der Waals surface area (Å²) in [5.41, 5.74) is 0. The van der Waals surface area contributed by atoms with Crippen molar-refractivity contribution in [2.45, 2.75) is 33.7 Å². The molecule has 0 saturated carbocycles. The fourth-order valence-electron chi connectivity index (χ4n) is 2.05. The van der Waals surface area contributed by atoms with Crippen LogP contribution in [0.15, 0.2) is 40.4 Å². The standard InChI is InChI=1S/C11H12Cl3N6OS/c1-2-7-8(19-5-3-16-10(19)22-7)17-21-18-20-6-4-15-9(20)11(12,13)14/h3-7,9,15H,2H2,1H3/q+1. The van der Waals surface area contributed by atoms with Gasteiger partial charge in [-0.2, -0.15) is 4.94 Å². The van der Waals surface area contributed by atoms with Crippen LogP contribution in [0, 0.1) is 0 Å². The van der Waals surface area contributed by atoms with E-state index in [0.717, 1.165) is 17.4 Å². The first-order valence-corrected chi connectivity index (χ1v) is 8.45. The highest BCUT2D eigenvalue weighted by atomic mass is 35.6. The van der Waals surface area contributed by atoms with Crippen LogP contribution in [0.25, 0.3) is 0 Å². The zero-order valence-corrected chi connectivity index (χ0v) is 14.4. The smallest absolute Gasteiger partial charge is 0.307 e. The molecule has 3 rings (SSSR count). The van der Waals surface area contributed by atoms with Crippen molar-refractivity contribution in [2.75, 3.05) is 0 Å². The van der Waals surface area contributed by atoms with Gasteiger partial charge in [-0.25, -0.2) is 4.98 Å². The number of imidazole rings is 1. The second-order valence-electron chi connectivity index (χ2n) is 4.51. The molecule has 0 radical (unpaired) electrons. The molecule has 7 nitrogen and oxygen atoms in total. The van der Waals surface area contributed by atoms with Crippen molar-refractivity contribution >= 4 is 52.4 Å². The lowest BCUT2D eigenvalue weighted by molar-refractivity contribution is -0.587. The van der Waals surface area contributed by atoms with E-state index in [2.05, 4.69) is 27.7 Å². The molecule has 11 heteroatoms. The number of rotatable bonds is 3. The lowest BCUT2D eigenvalue weighted by atomic mass is 10.3. The Labute approximate surface area is 145 Å². The van der Waals surface area contributed by atoms with Crippen molar-refractivity contribution in [1.82, 2.24) is 14.9 Å². The molecule has 0 aliphatic carbocycles. The van der Waals surface area contributed by atoms with Crippen LogP contribution < -0.4 is 5.32 Å². The first-order valence-electron chi connectivity index (χ1n) is 6.44. The van der Waals surface area contributed by atoms with Crippen LogP contribution in [0.3, 0.4) is 0 Å². The van der Waals surface area contributed by atoms with Crippen LogP contribution in [0.5, 0.6) is 0 Å². The van der Waals surface area contributed by atoms with E-state index in [1.165, 1.54) is 4.70 Å². The van der Waals surface area contributed by atoms with E-state index in [1.54, 1.807) is 30.4 Å². The van der Waals surface area contributed by atoms with Gasteiger partial charge in [0.2, 0.25) is 11.5 Å². The van der Waals surface area contributed by atoms with E-state index < -0.39 is 9.96 Å². The van der Waals surface area contributed by atoms with Crippen molar-refractivity contribution in [2.24, 2.45) is 10.4 Å². The summed E-state index contributed by atoms with van der Waals surface area (Å²) in [7, 11) is 0. The van der Waals surface area contributed by atoms with Gasteiger partial charge in [-0.1, -0.05) is 53.5 Å². The molecule has 0 fully saturated rings. The Morgan fingerprint density at radius 1 is 1.55 bits per heavy atom. The molecular formula is C11H12Cl3N6OS+. The number of fused-ring (bicyclic) bond motifs is 1. The number of oxime groups is 1. The van der Waals surface area contributed by atoms with Gasteiger partial charge < -0.3 is 5.32 Å². The average Bonchev–Trinajstić information content (AvgIpc) is 3.13. The van der Waals surface area contributed by atoms with E-state index in [1.807, 2.05) is 10.8 Å². The lowest BCUT2D eigenvalue weighted by Gasteiger charge is -2.13. The SMILES string of the molecule is CCC1Sc2nccn2C1=NON=[N+]1C=CNC1C(Cl)(Cl)Cl. The van der Waals surface area contributed by atoms with E-state index >= 15 is 0 Å². The molecule has 0 spiro atoms. The highest BCUT2D eigenvalue weighted by molar-refractivity contribution is 8.00. The minimum atomic E-state index is -1.56. The summed E-state index contributed by atoms with van der Waals surface area (Å²) in [5.74, 6) is 0.741. The highest BCUT2D eigenvalue weighted by Gasteiger charge is 2.45. The maximum Gasteiger partial charge on any atom is 0.307 e. The molecule has 0 saturated heterocycles. The summed E-state index contributed by atoms with van der Waals surface area (Å²) in [6, 6.07) is 0. The third-order valence-corrected chi connectivity index (χ3v) is 5.04. The maximum absolute atomic E-state index is 5.86. The van der Waals surface area contributed by atoms with Crippen LogP contribution in [0.1, 0.15) is 13.3 Å². The number of hydrogen-bond acceptors (Lipinski definition) is 6. The van der Waals surface area contributed by atoms with Crippen LogP contribution in [-0.2, 0) is 4.94 Å². The molecule has 118 valence electrons. The summed E-state index contributed by atoms with van der Waals surface area (Å²) in [6.45, 7) is 2.07. The molecule has 22 heavy (non-hydrogen) atoms. The predicted molar refractivity (Wildman–Crippen MR) is 85.1 cm³/mol. The van der Waals surface area contributed by atoms with E-state index in [0.29, 0.717) is 0 Å². The zero-order chi connectivity index (χ0) is 15.7. The summed E-state index contributed by atoms with van der Waals surface area (Å²) in [6.07, 6.45) is 7.00. The van der Waals surface area contributed by atoms with Gasteiger partial charge in [0.1, 0.15) is 0 Å². The minimum Gasteiger partial charge on any atom is -0.323 e. The maximum atomic E-state index is 5.86. The van der Waals surface area contributed by atoms with Crippen molar-refractivity contribution in [3.63, 3.8) is 0 Å². The number of halogens is 3. The molecular weight excluding hydrogens is 371 g/mol. The second kappa shape index (κ2) is 6.27. The van der Waals surface area contributed by atoms with Crippen LogP contribution >= 0.6 is 46.6 Å². The predicted octanol–water partition coefficient (Wildman–Crippen LogP) is 3.10. The number of hydrogen-bond donors (Lipinski definition) is 1. The average molecular weight is 383 g/mol. The van der Waals surface area contributed by atoms with Gasteiger partial charge >= 0.3 is 6.17 Å². The van der Waals surface area contributed by atoms with Gasteiger partial charge in [-0.05, 0) is 16.3 Å². The van der Waals surface area contributed by atoms with Crippen molar-refractivity contribution < 1.29 is 9.64 Å². The number of alkyl halides is 3. The molecule has 0 aromatic carbocycles. The summed E-state index contributed by atoms with van der Waals surface area (Å²) >= 11 is 19.2. The normalized spacial score (nSPS) is 27.5. The molecule has 2 aliphatic heterocycles. The zero-order valence-electron chi connectivity index (χ0n) is 11.4. The fraction of sp³-hybridized carbons (Fsp3) is 0.455. The fourth-order valence-corrected chi connectivity index (χ4v) is 3.61. The van der Waals surface area contributed by atoms with E-state index in [9.17, 15) is 0 Å². The van der Waals surface area contributed by atoms with Crippen LogP contribution in [0.4, 0.5) is 0 Å². The van der Waals surface area contributed by atoms with Crippen molar-refractivity contribution in [1.29, 1.82) is 0 Å². The lowest BCUT2D eigenvalue weighted by Crippen LogP contribution is -2.40. The first kappa shape index (κ1) is 15.9. The molecule has 1 aromatic rings. The molecule has 2 aliphatic rings. The molecule has 1 N–H and O–H groups in total. The Kier molecular flexibility index (Phi) is 4.54. The molecule has 0 amide bonds. The van der Waals surface area contributed by atoms with E-state index in [-0.39, 0.29) is 5.25 Å². The second-order valence-corrected chi connectivity index (χ2v) is 8.05. The summed E-state index contributed by atoms with van der Waals surface area (Å²) in [5, 5.41) is 11.9. The summed E-state index contributed by atoms with van der Waals surface area (Å²) < 4.78 is 1.67. The Bertz CT molecular complexity index is 652. The summed E-state index contributed by atoms with van der Waals surface area (Å²) in [4.78, 5) is 9.35. The Hall–Kier alpha value is -0.960. The van der Waals surface area contributed by atoms with Crippen molar-refractivity contribution in [3.8, 4) is 0 Å². The molecule has 2 unspecified atom stereocenters. The van der Waals surface area contributed by atoms with Gasteiger partial charge in [-0.15, -0.1) is 0 Å². The minimum absolute atomic E-state index is 0.176. The van der Waals surface area contributed by atoms with Gasteiger partial charge in [0.05, 0.1) is 11.4 Å². The Morgan fingerprint density at radius 2 is 2.36 bits per heavy atom. The third kappa shape index (κ3) is 3.05. The van der Waals surface area contributed by atoms with Crippen LogP contribution in [0.2, 0.25) is 0 Å². The van der Waals surface area contributed by atoms with Gasteiger partial charge in [0, 0.05) is 12.4 Å². The van der Waals surface area contributed by atoms with Crippen LogP contribution in [-0.4, -0.2) is 35.3 Å². The van der Waals surface area contributed by atoms with Gasteiger partial charge in [0.25, 0.3) is 3.79 Å².